The first-order chi connectivity index (χ1) is 13.5. The molecule has 0 heterocycles. The van der Waals surface area contributed by atoms with Crippen molar-refractivity contribution < 1.29 is 13.2 Å². The van der Waals surface area contributed by atoms with Crippen LogP contribution < -0.4 is 4.72 Å². The lowest BCUT2D eigenvalue weighted by Crippen LogP contribution is -2.30. The Morgan fingerprint density at radius 2 is 1.18 bits per heavy atom. The van der Waals surface area contributed by atoms with E-state index in [2.05, 4.69) is 13.2 Å². The highest BCUT2D eigenvalue weighted by Gasteiger charge is 2.17. The summed E-state index contributed by atoms with van der Waals surface area (Å²) in [6.07, 6.45) is 3.47. The fraction of sp³-hybridized carbons (Fsp3) is 0. The molecule has 0 atom stereocenters. The standard InChI is InChI=1S/C15H13NO3S.C8H8/c1-2-12-8-10-13(11-9-12)15(17)16-20(18,19)14-6-4-3-5-7-14;1-2-8-6-4-3-5-7-8/h2-11H,1H2,(H,16,17);2-7H,1H2. The van der Waals surface area contributed by atoms with Crippen LogP contribution in [0.4, 0.5) is 0 Å². The quantitative estimate of drug-likeness (QED) is 0.681. The number of benzene rings is 3. The van der Waals surface area contributed by atoms with Gasteiger partial charge < -0.3 is 0 Å². The number of hydrogen-bond donors (Lipinski definition) is 1. The molecule has 3 rings (SSSR count). The molecule has 0 radical (unpaired) electrons. The SMILES string of the molecule is C=Cc1ccc(C(=O)NS(=O)(=O)c2ccccc2)cc1.C=Cc1ccccc1. The smallest absolute Gasteiger partial charge is 0.264 e. The summed E-state index contributed by atoms with van der Waals surface area (Å²) in [6, 6.07) is 24.3. The van der Waals surface area contributed by atoms with Gasteiger partial charge in [-0.3, -0.25) is 4.79 Å². The second-order valence-corrected chi connectivity index (χ2v) is 7.37. The maximum absolute atomic E-state index is 12.0. The average Bonchev–Trinajstić information content (AvgIpc) is 2.75. The highest BCUT2D eigenvalue weighted by atomic mass is 32.2. The first-order valence-electron chi connectivity index (χ1n) is 8.48. The summed E-state index contributed by atoms with van der Waals surface area (Å²) in [5, 5.41) is 0. The molecule has 0 aliphatic heterocycles. The van der Waals surface area contributed by atoms with Gasteiger partial charge in [0.25, 0.3) is 15.9 Å². The highest BCUT2D eigenvalue weighted by molar-refractivity contribution is 7.90. The molecule has 1 amide bonds. The summed E-state index contributed by atoms with van der Waals surface area (Å²) >= 11 is 0. The molecule has 0 spiro atoms. The van der Waals surface area contributed by atoms with Gasteiger partial charge in [-0.05, 0) is 35.4 Å². The van der Waals surface area contributed by atoms with Gasteiger partial charge in [-0.15, -0.1) is 0 Å². The predicted molar refractivity (Wildman–Crippen MR) is 114 cm³/mol. The van der Waals surface area contributed by atoms with Crippen molar-refractivity contribution in [1.29, 1.82) is 0 Å². The van der Waals surface area contributed by atoms with Gasteiger partial charge in [0.05, 0.1) is 4.90 Å². The first kappa shape index (κ1) is 20.9. The zero-order valence-electron chi connectivity index (χ0n) is 15.3. The lowest BCUT2D eigenvalue weighted by atomic mass is 10.1. The van der Waals surface area contributed by atoms with E-state index in [9.17, 15) is 13.2 Å². The topological polar surface area (TPSA) is 63.2 Å². The Kier molecular flexibility index (Phi) is 7.48. The molecule has 0 fully saturated rings. The third-order valence-electron chi connectivity index (χ3n) is 3.72. The molecule has 0 aromatic heterocycles. The number of sulfonamides is 1. The van der Waals surface area contributed by atoms with E-state index in [0.29, 0.717) is 0 Å². The molecule has 0 aliphatic rings. The minimum absolute atomic E-state index is 0.0519. The van der Waals surface area contributed by atoms with Gasteiger partial charge in [0.15, 0.2) is 0 Å². The Labute approximate surface area is 165 Å². The molecule has 3 aromatic rings. The van der Waals surface area contributed by atoms with Crippen LogP contribution in [-0.4, -0.2) is 14.3 Å². The monoisotopic (exact) mass is 391 g/mol. The van der Waals surface area contributed by atoms with E-state index >= 15 is 0 Å². The number of nitrogens with one attached hydrogen (secondary N) is 1. The second kappa shape index (κ2) is 10.0. The molecule has 4 nitrogen and oxygen atoms in total. The van der Waals surface area contributed by atoms with Gasteiger partial charge in [0, 0.05) is 5.56 Å². The fourth-order valence-electron chi connectivity index (χ4n) is 2.20. The van der Waals surface area contributed by atoms with Crippen LogP contribution in [0.3, 0.4) is 0 Å². The van der Waals surface area contributed by atoms with Gasteiger partial charge in [0.1, 0.15) is 0 Å². The summed E-state index contributed by atoms with van der Waals surface area (Å²) in [5.41, 5.74) is 2.30. The van der Waals surface area contributed by atoms with Crippen molar-refractivity contribution in [2.24, 2.45) is 0 Å². The van der Waals surface area contributed by atoms with E-state index in [4.69, 9.17) is 0 Å². The Balaban J connectivity index is 0.000000292. The van der Waals surface area contributed by atoms with Crippen molar-refractivity contribution in [3.63, 3.8) is 0 Å². The summed E-state index contributed by atoms with van der Waals surface area (Å²) in [4.78, 5) is 12.0. The first-order valence-corrected chi connectivity index (χ1v) is 9.97. The zero-order valence-corrected chi connectivity index (χ0v) is 16.1. The Hall–Kier alpha value is -3.44. The van der Waals surface area contributed by atoms with Crippen molar-refractivity contribution in [3.8, 4) is 0 Å². The van der Waals surface area contributed by atoms with Crippen LogP contribution in [0.2, 0.25) is 0 Å². The number of hydrogen-bond acceptors (Lipinski definition) is 3. The molecular weight excluding hydrogens is 370 g/mol. The zero-order chi connectivity index (χ0) is 20.4. The summed E-state index contributed by atoms with van der Waals surface area (Å²) < 4.78 is 26.0. The molecular formula is C23H21NO3S. The van der Waals surface area contributed by atoms with Gasteiger partial charge in [-0.25, -0.2) is 13.1 Å². The van der Waals surface area contributed by atoms with Crippen LogP contribution in [0.25, 0.3) is 12.2 Å². The normalized spacial score (nSPS) is 10.1. The molecule has 28 heavy (non-hydrogen) atoms. The van der Waals surface area contributed by atoms with Gasteiger partial charge in [-0.1, -0.05) is 86.0 Å². The maximum Gasteiger partial charge on any atom is 0.264 e. The van der Waals surface area contributed by atoms with E-state index in [1.54, 1.807) is 48.5 Å². The molecule has 0 unspecified atom stereocenters. The molecule has 142 valence electrons. The Bertz CT molecular complexity index is 1030. The van der Waals surface area contributed by atoms with Crippen molar-refractivity contribution in [3.05, 3.63) is 115 Å². The number of carbonyl (C=O) groups is 1. The Morgan fingerprint density at radius 1 is 0.714 bits per heavy atom. The number of carbonyl (C=O) groups excluding carboxylic acids is 1. The van der Waals surface area contributed by atoms with Crippen LogP contribution in [0, 0.1) is 0 Å². The van der Waals surface area contributed by atoms with Gasteiger partial charge in [0.2, 0.25) is 0 Å². The highest BCUT2D eigenvalue weighted by Crippen LogP contribution is 2.10. The van der Waals surface area contributed by atoms with Crippen molar-refractivity contribution in [2.45, 2.75) is 4.90 Å². The second-order valence-electron chi connectivity index (χ2n) is 5.69. The van der Waals surface area contributed by atoms with Crippen molar-refractivity contribution in [2.75, 3.05) is 0 Å². The lowest BCUT2D eigenvalue weighted by molar-refractivity contribution is 0.0981. The van der Waals surface area contributed by atoms with Crippen LogP contribution in [0.15, 0.2) is 103 Å². The average molecular weight is 391 g/mol. The molecule has 1 N–H and O–H groups in total. The van der Waals surface area contributed by atoms with E-state index in [-0.39, 0.29) is 10.5 Å². The van der Waals surface area contributed by atoms with Crippen molar-refractivity contribution >= 4 is 28.1 Å². The number of rotatable bonds is 5. The summed E-state index contributed by atoms with van der Waals surface area (Å²) in [7, 11) is -3.84. The van der Waals surface area contributed by atoms with Crippen LogP contribution >= 0.6 is 0 Å². The summed E-state index contributed by atoms with van der Waals surface area (Å²) in [6.45, 7) is 7.24. The van der Waals surface area contributed by atoms with E-state index in [1.165, 1.54) is 17.7 Å². The largest absolute Gasteiger partial charge is 0.268 e. The molecule has 0 saturated heterocycles. The predicted octanol–water partition coefficient (Wildman–Crippen LogP) is 4.78. The van der Waals surface area contributed by atoms with Gasteiger partial charge in [-0.2, -0.15) is 0 Å². The molecule has 3 aromatic carbocycles. The molecule has 5 heteroatoms. The third-order valence-corrected chi connectivity index (χ3v) is 5.07. The van der Waals surface area contributed by atoms with Crippen LogP contribution in [0.5, 0.6) is 0 Å². The van der Waals surface area contributed by atoms with E-state index < -0.39 is 15.9 Å². The third kappa shape index (κ3) is 6.07. The molecule has 0 bridgehead atoms. The minimum Gasteiger partial charge on any atom is -0.268 e. The van der Waals surface area contributed by atoms with Crippen LogP contribution in [0.1, 0.15) is 21.5 Å². The van der Waals surface area contributed by atoms with Gasteiger partial charge >= 0.3 is 0 Å². The van der Waals surface area contributed by atoms with Crippen LogP contribution in [-0.2, 0) is 10.0 Å². The van der Waals surface area contributed by atoms with Crippen molar-refractivity contribution in [1.82, 2.24) is 4.72 Å². The van der Waals surface area contributed by atoms with E-state index in [0.717, 1.165) is 5.56 Å². The molecule has 0 aliphatic carbocycles. The van der Waals surface area contributed by atoms with E-state index in [1.807, 2.05) is 41.1 Å². The fourth-order valence-corrected chi connectivity index (χ4v) is 3.19. The minimum atomic E-state index is -3.84. The maximum atomic E-state index is 12.0. The number of amides is 1. The lowest BCUT2D eigenvalue weighted by Gasteiger charge is -2.07. The Morgan fingerprint density at radius 3 is 1.64 bits per heavy atom. The summed E-state index contributed by atoms with van der Waals surface area (Å²) in [5.74, 6) is -0.663. The molecule has 0 saturated carbocycles.